The average Bonchev–Trinajstić information content (AvgIpc) is 2.15. The minimum atomic E-state index is -4.65. The van der Waals surface area contributed by atoms with Gasteiger partial charge in [0.25, 0.3) is 0 Å². The van der Waals surface area contributed by atoms with Crippen LogP contribution < -0.4 is 0 Å². The molecule has 0 aliphatic rings. The minimum absolute atomic E-state index is 0.423. The molecule has 0 saturated heterocycles. The first-order chi connectivity index (χ1) is 7.62. The van der Waals surface area contributed by atoms with E-state index in [1.165, 1.54) is 6.07 Å². The van der Waals surface area contributed by atoms with Crippen molar-refractivity contribution in [2.75, 3.05) is 0 Å². The van der Waals surface area contributed by atoms with Gasteiger partial charge in [0.1, 0.15) is 6.10 Å². The van der Waals surface area contributed by atoms with E-state index in [1.54, 1.807) is 0 Å². The summed E-state index contributed by atoms with van der Waals surface area (Å²) >= 11 is 4.54. The molecule has 1 rings (SSSR count). The first-order valence-corrected chi connectivity index (χ1v) is 4.90. The Labute approximate surface area is 98.8 Å². The lowest BCUT2D eigenvalue weighted by atomic mass is 10.0. The van der Waals surface area contributed by atoms with Crippen LogP contribution in [-0.2, 0) is 12.6 Å². The standard InChI is InChI=1S/C10H8ClF5O/c11-9(12,13)8(17)5-6-3-1-2-4-7(6)10(14,15)16/h1-4,8,17H,5H2. The summed E-state index contributed by atoms with van der Waals surface area (Å²) in [6, 6.07) is 4.18. The van der Waals surface area contributed by atoms with E-state index in [0.717, 1.165) is 18.2 Å². The molecule has 0 bridgehead atoms. The summed E-state index contributed by atoms with van der Waals surface area (Å²) in [5.74, 6) is 0. The number of aliphatic hydroxyl groups excluding tert-OH is 1. The van der Waals surface area contributed by atoms with E-state index in [0.29, 0.717) is 0 Å². The fourth-order valence-electron chi connectivity index (χ4n) is 1.30. The normalized spacial score (nSPS) is 14.8. The maximum Gasteiger partial charge on any atom is 0.416 e. The Kier molecular flexibility index (Phi) is 3.99. The Balaban J connectivity index is 3.00. The first kappa shape index (κ1) is 14.2. The average molecular weight is 275 g/mol. The third-order valence-corrected chi connectivity index (χ3v) is 2.37. The van der Waals surface area contributed by atoms with E-state index in [2.05, 4.69) is 11.6 Å². The summed E-state index contributed by atoms with van der Waals surface area (Å²) < 4.78 is 62.4. The number of hydrogen-bond acceptors (Lipinski definition) is 1. The molecule has 7 heteroatoms. The molecule has 1 unspecified atom stereocenters. The van der Waals surface area contributed by atoms with Gasteiger partial charge < -0.3 is 5.11 Å². The Morgan fingerprint density at radius 3 is 2.12 bits per heavy atom. The van der Waals surface area contributed by atoms with Gasteiger partial charge in [-0.25, -0.2) is 0 Å². The molecule has 0 aliphatic heterocycles. The maximum absolute atomic E-state index is 12.5. The number of rotatable bonds is 3. The van der Waals surface area contributed by atoms with Gasteiger partial charge in [0.2, 0.25) is 0 Å². The third kappa shape index (κ3) is 3.81. The van der Waals surface area contributed by atoms with Gasteiger partial charge in [0.05, 0.1) is 5.56 Å². The highest BCUT2D eigenvalue weighted by molar-refractivity contribution is 6.22. The Hall–Kier alpha value is -0.880. The van der Waals surface area contributed by atoms with Crippen LogP contribution in [0.5, 0.6) is 0 Å². The molecule has 0 spiro atoms. The predicted octanol–water partition coefficient (Wildman–Crippen LogP) is 3.44. The Morgan fingerprint density at radius 2 is 1.65 bits per heavy atom. The van der Waals surface area contributed by atoms with Crippen molar-refractivity contribution >= 4 is 11.6 Å². The predicted molar refractivity (Wildman–Crippen MR) is 52.0 cm³/mol. The van der Waals surface area contributed by atoms with Crippen LogP contribution in [0, 0.1) is 0 Å². The summed E-state index contributed by atoms with van der Waals surface area (Å²) in [5.41, 5.74) is -1.48. The second kappa shape index (κ2) is 4.78. The lowest BCUT2D eigenvalue weighted by Crippen LogP contribution is -2.30. The van der Waals surface area contributed by atoms with Gasteiger partial charge in [-0.15, -0.1) is 0 Å². The lowest BCUT2D eigenvalue weighted by Gasteiger charge is -2.18. The third-order valence-electron chi connectivity index (χ3n) is 2.11. The number of aliphatic hydroxyl groups is 1. The van der Waals surface area contributed by atoms with Crippen molar-refractivity contribution in [3.63, 3.8) is 0 Å². The SMILES string of the molecule is OC(Cc1ccccc1C(F)(F)F)C(F)(F)Cl. The van der Waals surface area contributed by atoms with E-state index < -0.39 is 35.2 Å². The van der Waals surface area contributed by atoms with Crippen LogP contribution >= 0.6 is 11.6 Å². The quantitative estimate of drug-likeness (QED) is 0.661. The van der Waals surface area contributed by atoms with E-state index in [1.807, 2.05) is 0 Å². The molecule has 0 amide bonds. The molecule has 0 fully saturated rings. The van der Waals surface area contributed by atoms with Crippen molar-refractivity contribution in [1.29, 1.82) is 0 Å². The number of benzene rings is 1. The highest BCUT2D eigenvalue weighted by Gasteiger charge is 2.38. The van der Waals surface area contributed by atoms with Crippen LogP contribution in [0.3, 0.4) is 0 Å². The van der Waals surface area contributed by atoms with Crippen molar-refractivity contribution in [3.05, 3.63) is 35.4 Å². The van der Waals surface area contributed by atoms with Gasteiger partial charge in [-0.3, -0.25) is 0 Å². The monoisotopic (exact) mass is 274 g/mol. The van der Waals surface area contributed by atoms with Crippen molar-refractivity contribution < 1.29 is 27.1 Å². The van der Waals surface area contributed by atoms with Gasteiger partial charge in [0.15, 0.2) is 0 Å². The van der Waals surface area contributed by atoms with E-state index >= 15 is 0 Å². The highest BCUT2D eigenvalue weighted by atomic mass is 35.5. The Morgan fingerprint density at radius 1 is 1.12 bits per heavy atom. The fourth-order valence-corrected chi connectivity index (χ4v) is 1.38. The zero-order valence-corrected chi connectivity index (χ0v) is 9.06. The molecule has 1 nitrogen and oxygen atoms in total. The van der Waals surface area contributed by atoms with E-state index in [-0.39, 0.29) is 0 Å². The second-order valence-electron chi connectivity index (χ2n) is 3.42. The molecule has 1 N–H and O–H groups in total. The van der Waals surface area contributed by atoms with Crippen LogP contribution in [-0.4, -0.2) is 16.6 Å². The molecular formula is C10H8ClF5O. The maximum atomic E-state index is 12.5. The molecular weight excluding hydrogens is 267 g/mol. The van der Waals surface area contributed by atoms with E-state index in [9.17, 15) is 22.0 Å². The van der Waals surface area contributed by atoms with Gasteiger partial charge >= 0.3 is 11.6 Å². The lowest BCUT2D eigenvalue weighted by molar-refractivity contribution is -0.138. The molecule has 0 saturated carbocycles. The Bertz CT molecular complexity index is 385. The van der Waals surface area contributed by atoms with Gasteiger partial charge in [0, 0.05) is 6.42 Å². The number of alkyl halides is 6. The fraction of sp³-hybridized carbons (Fsp3) is 0.400. The van der Waals surface area contributed by atoms with Gasteiger partial charge in [-0.1, -0.05) is 18.2 Å². The topological polar surface area (TPSA) is 20.2 Å². The van der Waals surface area contributed by atoms with Crippen LogP contribution in [0.25, 0.3) is 0 Å². The number of halogens is 6. The van der Waals surface area contributed by atoms with Crippen LogP contribution in [0.1, 0.15) is 11.1 Å². The smallest absolute Gasteiger partial charge is 0.385 e. The first-order valence-electron chi connectivity index (χ1n) is 4.52. The van der Waals surface area contributed by atoms with Gasteiger partial charge in [-0.2, -0.15) is 22.0 Å². The van der Waals surface area contributed by atoms with E-state index in [4.69, 9.17) is 5.11 Å². The van der Waals surface area contributed by atoms with Crippen molar-refractivity contribution in [2.45, 2.75) is 24.1 Å². The zero-order valence-electron chi connectivity index (χ0n) is 8.31. The van der Waals surface area contributed by atoms with Crippen molar-refractivity contribution in [1.82, 2.24) is 0 Å². The highest BCUT2D eigenvalue weighted by Crippen LogP contribution is 2.34. The zero-order chi connectivity index (χ0) is 13.3. The summed E-state index contributed by atoms with van der Waals surface area (Å²) in [5, 5.41) is 5.02. The van der Waals surface area contributed by atoms with Crippen LogP contribution in [0.15, 0.2) is 24.3 Å². The molecule has 96 valence electrons. The van der Waals surface area contributed by atoms with Crippen molar-refractivity contribution in [3.8, 4) is 0 Å². The van der Waals surface area contributed by atoms with Crippen LogP contribution in [0.4, 0.5) is 22.0 Å². The molecule has 1 atom stereocenters. The molecule has 17 heavy (non-hydrogen) atoms. The summed E-state index contributed by atoms with van der Waals surface area (Å²) in [6.45, 7) is 0. The minimum Gasteiger partial charge on any atom is -0.385 e. The molecule has 1 aromatic rings. The van der Waals surface area contributed by atoms with Crippen LogP contribution in [0.2, 0.25) is 0 Å². The largest absolute Gasteiger partial charge is 0.416 e. The molecule has 1 aromatic carbocycles. The summed E-state index contributed by atoms with van der Waals surface area (Å²) in [6.07, 6.45) is -7.89. The molecule has 0 radical (unpaired) electrons. The molecule has 0 aliphatic carbocycles. The molecule has 0 heterocycles. The van der Waals surface area contributed by atoms with Crippen molar-refractivity contribution in [2.24, 2.45) is 0 Å². The second-order valence-corrected chi connectivity index (χ2v) is 3.92. The molecule has 0 aromatic heterocycles. The summed E-state index contributed by atoms with van der Waals surface area (Å²) in [7, 11) is 0. The number of hydrogen-bond donors (Lipinski definition) is 1. The van der Waals surface area contributed by atoms with Gasteiger partial charge in [-0.05, 0) is 23.2 Å². The summed E-state index contributed by atoms with van der Waals surface area (Å²) in [4.78, 5) is 0.